The summed E-state index contributed by atoms with van der Waals surface area (Å²) in [5.74, 6) is 0. The number of fused-ring (bicyclic) bond motifs is 1. The normalized spacial score (nSPS) is 11.2. The number of benzene rings is 1. The third-order valence-electron chi connectivity index (χ3n) is 3.48. The molecule has 0 amide bonds. The number of nitrogens with zero attached hydrogens (tertiary/aromatic N) is 3. The maximum absolute atomic E-state index is 10.8. The highest BCUT2D eigenvalue weighted by Crippen LogP contribution is 2.34. The Labute approximate surface area is 127 Å². The highest BCUT2D eigenvalue weighted by molar-refractivity contribution is 6.35. The molecule has 0 unspecified atom stereocenters. The minimum absolute atomic E-state index is 0.265. The molecular formula is C16H14ClN3O. The smallest absolute Gasteiger partial charge is 0.150 e. The Balaban J connectivity index is 2.28. The summed E-state index contributed by atoms with van der Waals surface area (Å²) in [5, 5.41) is 1.28. The fraction of sp³-hybridized carbons (Fsp3) is 0.188. The van der Waals surface area contributed by atoms with Gasteiger partial charge in [0.1, 0.15) is 23.4 Å². The molecule has 0 atom stereocenters. The molecular weight excluding hydrogens is 286 g/mol. The second-order valence-electron chi connectivity index (χ2n) is 5.15. The number of carbonyl (C=O) groups is 1. The van der Waals surface area contributed by atoms with Gasteiger partial charge in [0.05, 0.1) is 5.39 Å². The number of halogens is 1. The van der Waals surface area contributed by atoms with E-state index in [0.29, 0.717) is 10.7 Å². The van der Waals surface area contributed by atoms with Crippen molar-refractivity contribution in [1.82, 2.24) is 14.5 Å². The predicted octanol–water partition coefficient (Wildman–Crippen LogP) is 4.15. The van der Waals surface area contributed by atoms with Gasteiger partial charge in [0, 0.05) is 23.4 Å². The molecule has 0 aliphatic heterocycles. The van der Waals surface area contributed by atoms with Crippen molar-refractivity contribution in [2.75, 3.05) is 0 Å². The standard InChI is InChI=1S/C16H14ClN3O/c1-10(2)20-7-13(12-5-3-11(8-21)4-6-12)14-15(17)18-9-19-16(14)20/h3-10H,1-2H3. The average molecular weight is 300 g/mol. The van der Waals surface area contributed by atoms with Gasteiger partial charge in [-0.3, -0.25) is 4.79 Å². The van der Waals surface area contributed by atoms with Crippen molar-refractivity contribution in [2.24, 2.45) is 0 Å². The first-order valence-electron chi connectivity index (χ1n) is 6.68. The molecule has 0 N–H and O–H groups in total. The Morgan fingerprint density at radius 1 is 1.19 bits per heavy atom. The molecule has 1 aromatic carbocycles. The van der Waals surface area contributed by atoms with E-state index in [9.17, 15) is 4.79 Å². The molecule has 0 aliphatic carbocycles. The van der Waals surface area contributed by atoms with E-state index in [-0.39, 0.29) is 6.04 Å². The van der Waals surface area contributed by atoms with Crippen LogP contribution in [0, 0.1) is 0 Å². The first kappa shape index (κ1) is 13.8. The lowest BCUT2D eigenvalue weighted by molar-refractivity contribution is 0.112. The summed E-state index contributed by atoms with van der Waals surface area (Å²) >= 11 is 6.27. The molecule has 0 saturated heterocycles. The van der Waals surface area contributed by atoms with Crippen LogP contribution in [0.2, 0.25) is 5.15 Å². The predicted molar refractivity (Wildman–Crippen MR) is 83.7 cm³/mol. The molecule has 0 radical (unpaired) electrons. The van der Waals surface area contributed by atoms with Crippen molar-refractivity contribution >= 4 is 28.9 Å². The second kappa shape index (κ2) is 5.30. The maximum Gasteiger partial charge on any atom is 0.150 e. The molecule has 3 rings (SSSR count). The van der Waals surface area contributed by atoms with Crippen LogP contribution in [0.5, 0.6) is 0 Å². The highest BCUT2D eigenvalue weighted by Gasteiger charge is 2.16. The van der Waals surface area contributed by atoms with Crippen LogP contribution in [0.25, 0.3) is 22.2 Å². The monoisotopic (exact) mass is 299 g/mol. The highest BCUT2D eigenvalue weighted by atomic mass is 35.5. The van der Waals surface area contributed by atoms with Gasteiger partial charge in [0.2, 0.25) is 0 Å². The summed E-state index contributed by atoms with van der Waals surface area (Å²) in [5.41, 5.74) is 3.43. The zero-order valence-corrected chi connectivity index (χ0v) is 12.5. The van der Waals surface area contributed by atoms with Gasteiger partial charge >= 0.3 is 0 Å². The van der Waals surface area contributed by atoms with Crippen molar-refractivity contribution in [3.05, 3.63) is 47.5 Å². The van der Waals surface area contributed by atoms with E-state index in [1.807, 2.05) is 18.3 Å². The topological polar surface area (TPSA) is 47.8 Å². The van der Waals surface area contributed by atoms with E-state index >= 15 is 0 Å². The van der Waals surface area contributed by atoms with E-state index in [0.717, 1.165) is 28.4 Å². The molecule has 0 bridgehead atoms. The summed E-state index contributed by atoms with van der Waals surface area (Å²) in [6, 6.07) is 7.66. The van der Waals surface area contributed by atoms with Gasteiger partial charge in [-0.1, -0.05) is 35.9 Å². The van der Waals surface area contributed by atoms with Crippen LogP contribution in [-0.4, -0.2) is 20.8 Å². The Hall–Kier alpha value is -2.20. The van der Waals surface area contributed by atoms with Gasteiger partial charge in [-0.25, -0.2) is 9.97 Å². The van der Waals surface area contributed by atoms with Gasteiger partial charge in [0.25, 0.3) is 0 Å². The Morgan fingerprint density at radius 2 is 1.90 bits per heavy atom. The van der Waals surface area contributed by atoms with Gasteiger partial charge in [-0.2, -0.15) is 0 Å². The minimum Gasteiger partial charge on any atom is -0.329 e. The zero-order valence-electron chi connectivity index (χ0n) is 11.7. The van der Waals surface area contributed by atoms with Crippen LogP contribution in [0.4, 0.5) is 0 Å². The van der Waals surface area contributed by atoms with E-state index in [4.69, 9.17) is 11.6 Å². The minimum atomic E-state index is 0.265. The summed E-state index contributed by atoms with van der Waals surface area (Å²) < 4.78 is 2.08. The van der Waals surface area contributed by atoms with Crippen molar-refractivity contribution in [2.45, 2.75) is 19.9 Å². The molecule has 5 heteroatoms. The summed E-state index contributed by atoms with van der Waals surface area (Å²) in [6.07, 6.45) is 4.34. The van der Waals surface area contributed by atoms with Crippen LogP contribution < -0.4 is 0 Å². The molecule has 21 heavy (non-hydrogen) atoms. The molecule has 106 valence electrons. The third kappa shape index (κ3) is 2.32. The van der Waals surface area contributed by atoms with E-state index in [2.05, 4.69) is 28.4 Å². The van der Waals surface area contributed by atoms with Crippen LogP contribution >= 0.6 is 11.6 Å². The first-order chi connectivity index (χ1) is 10.1. The lowest BCUT2D eigenvalue weighted by Crippen LogP contribution is -1.99. The zero-order chi connectivity index (χ0) is 15.0. The van der Waals surface area contributed by atoms with Crippen LogP contribution in [0.1, 0.15) is 30.2 Å². The molecule has 3 aromatic rings. The fourth-order valence-electron chi connectivity index (χ4n) is 2.40. The fourth-order valence-corrected chi connectivity index (χ4v) is 2.63. The lowest BCUT2D eigenvalue weighted by Gasteiger charge is -2.07. The maximum atomic E-state index is 10.8. The van der Waals surface area contributed by atoms with Gasteiger partial charge in [0.15, 0.2) is 0 Å². The van der Waals surface area contributed by atoms with Crippen molar-refractivity contribution in [3.63, 3.8) is 0 Å². The van der Waals surface area contributed by atoms with Crippen molar-refractivity contribution < 1.29 is 4.79 Å². The first-order valence-corrected chi connectivity index (χ1v) is 7.06. The number of aromatic nitrogens is 3. The summed E-state index contributed by atoms with van der Waals surface area (Å²) in [4.78, 5) is 19.2. The molecule has 0 fully saturated rings. The van der Waals surface area contributed by atoms with Crippen LogP contribution in [-0.2, 0) is 0 Å². The van der Waals surface area contributed by atoms with Crippen LogP contribution in [0.15, 0.2) is 36.8 Å². The average Bonchev–Trinajstić information content (AvgIpc) is 2.88. The van der Waals surface area contributed by atoms with Crippen LogP contribution in [0.3, 0.4) is 0 Å². The van der Waals surface area contributed by atoms with E-state index in [1.54, 1.807) is 12.1 Å². The number of rotatable bonds is 3. The van der Waals surface area contributed by atoms with Gasteiger partial charge in [-0.05, 0) is 19.4 Å². The Kier molecular flexibility index (Phi) is 3.47. The van der Waals surface area contributed by atoms with Crippen molar-refractivity contribution in [1.29, 1.82) is 0 Å². The van der Waals surface area contributed by atoms with E-state index < -0.39 is 0 Å². The summed E-state index contributed by atoms with van der Waals surface area (Å²) in [6.45, 7) is 4.18. The SMILES string of the molecule is CC(C)n1cc(-c2ccc(C=O)cc2)c2c(Cl)ncnc21. The quantitative estimate of drug-likeness (QED) is 0.539. The molecule has 4 nitrogen and oxygen atoms in total. The Morgan fingerprint density at radius 3 is 2.52 bits per heavy atom. The van der Waals surface area contributed by atoms with Gasteiger partial charge < -0.3 is 4.57 Å². The van der Waals surface area contributed by atoms with Crippen molar-refractivity contribution in [3.8, 4) is 11.1 Å². The van der Waals surface area contributed by atoms with E-state index in [1.165, 1.54) is 6.33 Å². The Bertz CT molecular complexity index is 806. The second-order valence-corrected chi connectivity index (χ2v) is 5.50. The number of aldehydes is 1. The molecule has 0 spiro atoms. The molecule has 2 heterocycles. The lowest BCUT2D eigenvalue weighted by atomic mass is 10.1. The number of hydrogen-bond acceptors (Lipinski definition) is 3. The molecule has 0 aliphatic rings. The molecule has 2 aromatic heterocycles. The number of hydrogen-bond donors (Lipinski definition) is 0. The third-order valence-corrected chi connectivity index (χ3v) is 3.76. The molecule has 0 saturated carbocycles. The summed E-state index contributed by atoms with van der Waals surface area (Å²) in [7, 11) is 0. The number of carbonyl (C=O) groups excluding carboxylic acids is 1. The largest absolute Gasteiger partial charge is 0.329 e. The van der Waals surface area contributed by atoms with Gasteiger partial charge in [-0.15, -0.1) is 0 Å².